The van der Waals surface area contributed by atoms with Gasteiger partial charge in [-0.1, -0.05) is 12.1 Å². The van der Waals surface area contributed by atoms with Gasteiger partial charge in [0.15, 0.2) is 0 Å². The van der Waals surface area contributed by atoms with Crippen LogP contribution in [0, 0.1) is 15.9 Å². The fraction of sp³-hybridized carbons (Fsp3) is 0.214. The average molecular weight is 275 g/mol. The third kappa shape index (κ3) is 3.83. The lowest BCUT2D eigenvalue weighted by Gasteiger charge is -2.05. The first-order chi connectivity index (χ1) is 9.66. The Labute approximate surface area is 115 Å². The van der Waals surface area contributed by atoms with Crippen LogP contribution in [0.25, 0.3) is 0 Å². The van der Waals surface area contributed by atoms with Gasteiger partial charge in [-0.3, -0.25) is 15.1 Å². The molecule has 1 heterocycles. The van der Waals surface area contributed by atoms with Crippen molar-refractivity contribution in [1.29, 1.82) is 0 Å². The van der Waals surface area contributed by atoms with Gasteiger partial charge in [-0.25, -0.2) is 0 Å². The molecule has 0 saturated heterocycles. The molecule has 0 aliphatic carbocycles. The van der Waals surface area contributed by atoms with E-state index < -0.39 is 16.4 Å². The van der Waals surface area contributed by atoms with Crippen LogP contribution >= 0.6 is 0 Å². The molecular formula is C14H14FN3O2. The summed E-state index contributed by atoms with van der Waals surface area (Å²) in [6, 6.07) is 7.79. The molecule has 0 aliphatic heterocycles. The number of pyridine rings is 1. The molecule has 0 saturated carbocycles. The summed E-state index contributed by atoms with van der Waals surface area (Å²) >= 11 is 0. The molecule has 6 heteroatoms. The lowest BCUT2D eigenvalue weighted by atomic mass is 10.2. The molecular weight excluding hydrogens is 261 g/mol. The Balaban J connectivity index is 1.83. The molecule has 20 heavy (non-hydrogen) atoms. The highest BCUT2D eigenvalue weighted by Gasteiger charge is 2.13. The van der Waals surface area contributed by atoms with Gasteiger partial charge >= 0.3 is 5.69 Å². The van der Waals surface area contributed by atoms with Crippen LogP contribution < -0.4 is 5.32 Å². The van der Waals surface area contributed by atoms with E-state index in [2.05, 4.69) is 10.3 Å². The summed E-state index contributed by atoms with van der Waals surface area (Å²) in [4.78, 5) is 13.8. The van der Waals surface area contributed by atoms with Crippen LogP contribution in [-0.2, 0) is 13.0 Å². The molecule has 1 N–H and O–H groups in total. The number of halogens is 1. The number of hydrogen-bond donors (Lipinski definition) is 1. The molecule has 2 rings (SSSR count). The van der Waals surface area contributed by atoms with E-state index in [-0.39, 0.29) is 0 Å². The minimum absolute atomic E-state index is 0.467. The molecule has 5 nitrogen and oxygen atoms in total. The van der Waals surface area contributed by atoms with Crippen molar-refractivity contribution >= 4 is 5.69 Å². The molecule has 2 aromatic rings. The van der Waals surface area contributed by atoms with Crippen molar-refractivity contribution in [3.8, 4) is 0 Å². The first-order valence-corrected chi connectivity index (χ1v) is 6.19. The van der Waals surface area contributed by atoms with Gasteiger partial charge in [-0.05, 0) is 36.2 Å². The SMILES string of the molecule is O=[N+]([O-])c1ccc(CNCCc2cccnc2)cc1F. The van der Waals surface area contributed by atoms with E-state index in [1.807, 2.05) is 12.1 Å². The highest BCUT2D eigenvalue weighted by atomic mass is 19.1. The Kier molecular flexibility index (Phi) is 4.73. The monoisotopic (exact) mass is 275 g/mol. The molecule has 1 aromatic carbocycles. The molecule has 0 unspecified atom stereocenters. The molecule has 1 aromatic heterocycles. The van der Waals surface area contributed by atoms with Crippen molar-refractivity contribution in [2.75, 3.05) is 6.54 Å². The number of nitrogens with one attached hydrogen (secondary N) is 1. The van der Waals surface area contributed by atoms with Gasteiger partial charge < -0.3 is 5.32 Å². The van der Waals surface area contributed by atoms with Crippen LogP contribution in [0.4, 0.5) is 10.1 Å². The minimum Gasteiger partial charge on any atom is -0.312 e. The van der Waals surface area contributed by atoms with E-state index >= 15 is 0 Å². The zero-order valence-corrected chi connectivity index (χ0v) is 10.8. The fourth-order valence-electron chi connectivity index (χ4n) is 1.82. The molecule has 0 aliphatic rings. The first kappa shape index (κ1) is 14.1. The Hall–Kier alpha value is -2.34. The predicted octanol–water partition coefficient (Wildman–Crippen LogP) is 2.46. The smallest absolute Gasteiger partial charge is 0.304 e. The molecule has 104 valence electrons. The Morgan fingerprint density at radius 1 is 1.30 bits per heavy atom. The number of nitrogens with zero attached hydrogens (tertiary/aromatic N) is 2. The van der Waals surface area contributed by atoms with Crippen molar-refractivity contribution in [2.45, 2.75) is 13.0 Å². The predicted molar refractivity (Wildman–Crippen MR) is 72.7 cm³/mol. The van der Waals surface area contributed by atoms with Crippen LogP contribution in [0.3, 0.4) is 0 Å². The van der Waals surface area contributed by atoms with Crippen LogP contribution in [0.2, 0.25) is 0 Å². The Morgan fingerprint density at radius 2 is 2.15 bits per heavy atom. The minimum atomic E-state index is -0.804. The first-order valence-electron chi connectivity index (χ1n) is 6.19. The zero-order valence-electron chi connectivity index (χ0n) is 10.8. The molecule has 0 amide bonds. The van der Waals surface area contributed by atoms with E-state index in [4.69, 9.17) is 0 Å². The van der Waals surface area contributed by atoms with Gasteiger partial charge in [-0.2, -0.15) is 4.39 Å². The highest BCUT2D eigenvalue weighted by molar-refractivity contribution is 5.34. The second-order valence-corrected chi connectivity index (χ2v) is 4.33. The van der Waals surface area contributed by atoms with Crippen LogP contribution in [0.5, 0.6) is 0 Å². The number of hydrogen-bond acceptors (Lipinski definition) is 4. The van der Waals surface area contributed by atoms with Gasteiger partial charge in [0.2, 0.25) is 5.82 Å². The summed E-state index contributed by atoms with van der Waals surface area (Å²) in [6.07, 6.45) is 4.34. The second kappa shape index (κ2) is 6.72. The van der Waals surface area contributed by atoms with E-state index in [9.17, 15) is 14.5 Å². The Bertz CT molecular complexity index is 590. The van der Waals surface area contributed by atoms with Gasteiger partial charge in [-0.15, -0.1) is 0 Å². The zero-order chi connectivity index (χ0) is 14.4. The van der Waals surface area contributed by atoms with E-state index in [1.54, 1.807) is 18.5 Å². The van der Waals surface area contributed by atoms with Crippen molar-refractivity contribution in [3.63, 3.8) is 0 Å². The molecule has 0 bridgehead atoms. The van der Waals surface area contributed by atoms with Crippen LogP contribution in [-0.4, -0.2) is 16.5 Å². The van der Waals surface area contributed by atoms with Gasteiger partial charge in [0.1, 0.15) is 0 Å². The third-order valence-corrected chi connectivity index (χ3v) is 2.85. The van der Waals surface area contributed by atoms with E-state index in [1.165, 1.54) is 12.1 Å². The lowest BCUT2D eigenvalue weighted by molar-refractivity contribution is -0.387. The molecule has 0 spiro atoms. The average Bonchev–Trinajstić information content (AvgIpc) is 2.44. The lowest BCUT2D eigenvalue weighted by Crippen LogP contribution is -2.16. The standard InChI is InChI=1S/C14H14FN3O2/c15-13-8-12(3-4-14(13)18(19)20)10-17-7-5-11-2-1-6-16-9-11/h1-4,6,8-9,17H,5,7,10H2. The molecule has 0 atom stereocenters. The highest BCUT2D eigenvalue weighted by Crippen LogP contribution is 2.17. The number of aromatic nitrogens is 1. The van der Waals surface area contributed by atoms with Gasteiger partial charge in [0.25, 0.3) is 0 Å². The quantitative estimate of drug-likeness (QED) is 0.499. The number of benzene rings is 1. The maximum atomic E-state index is 13.4. The molecule has 0 fully saturated rings. The van der Waals surface area contributed by atoms with Crippen molar-refractivity contribution < 1.29 is 9.31 Å². The number of nitro benzene ring substituents is 1. The maximum absolute atomic E-state index is 13.4. The van der Waals surface area contributed by atoms with Crippen molar-refractivity contribution in [2.24, 2.45) is 0 Å². The summed E-state index contributed by atoms with van der Waals surface area (Å²) in [6.45, 7) is 1.19. The van der Waals surface area contributed by atoms with Crippen LogP contribution in [0.15, 0.2) is 42.7 Å². The fourth-order valence-corrected chi connectivity index (χ4v) is 1.82. The summed E-state index contributed by atoms with van der Waals surface area (Å²) in [7, 11) is 0. The van der Waals surface area contributed by atoms with Crippen LogP contribution in [0.1, 0.15) is 11.1 Å². The van der Waals surface area contributed by atoms with E-state index in [0.29, 0.717) is 12.1 Å². The van der Waals surface area contributed by atoms with E-state index in [0.717, 1.165) is 18.5 Å². The topological polar surface area (TPSA) is 68.1 Å². The van der Waals surface area contributed by atoms with Crippen molar-refractivity contribution in [3.05, 3.63) is 69.8 Å². The number of nitro groups is 1. The summed E-state index contributed by atoms with van der Waals surface area (Å²) in [5.74, 6) is -0.804. The summed E-state index contributed by atoms with van der Waals surface area (Å²) in [5.41, 5.74) is 1.30. The van der Waals surface area contributed by atoms with Gasteiger partial charge in [0.05, 0.1) is 4.92 Å². The second-order valence-electron chi connectivity index (χ2n) is 4.33. The summed E-state index contributed by atoms with van der Waals surface area (Å²) < 4.78 is 13.4. The molecule has 0 radical (unpaired) electrons. The summed E-state index contributed by atoms with van der Waals surface area (Å²) in [5, 5.41) is 13.7. The largest absolute Gasteiger partial charge is 0.312 e. The maximum Gasteiger partial charge on any atom is 0.304 e. The normalized spacial score (nSPS) is 10.4. The third-order valence-electron chi connectivity index (χ3n) is 2.85. The van der Waals surface area contributed by atoms with Gasteiger partial charge in [0, 0.05) is 25.0 Å². The van der Waals surface area contributed by atoms with Crippen molar-refractivity contribution in [1.82, 2.24) is 10.3 Å². The Morgan fingerprint density at radius 3 is 2.80 bits per heavy atom. The number of rotatable bonds is 6.